The molecule has 0 aliphatic rings. The Hall–Kier alpha value is -1.55. The van der Waals surface area contributed by atoms with Crippen molar-refractivity contribution in [3.8, 4) is 5.75 Å². The fraction of sp³-hybridized carbons (Fsp3) is 0.333. The number of hydrogen-bond donors (Lipinski definition) is 2. The van der Waals surface area contributed by atoms with E-state index in [0.717, 1.165) is 28.0 Å². The van der Waals surface area contributed by atoms with Crippen LogP contribution in [-0.4, -0.2) is 17.8 Å². The van der Waals surface area contributed by atoms with E-state index < -0.39 is 0 Å². The van der Waals surface area contributed by atoms with Crippen molar-refractivity contribution in [2.75, 3.05) is 6.61 Å². The molecule has 0 spiro atoms. The molecule has 0 fully saturated rings. The van der Waals surface area contributed by atoms with E-state index in [4.69, 9.17) is 15.6 Å². The molecule has 1 atom stereocenters. The highest BCUT2D eigenvalue weighted by atomic mass is 35.5. The smallest absolute Gasteiger partial charge is 0.125 e. The van der Waals surface area contributed by atoms with Crippen LogP contribution in [-0.2, 0) is 13.0 Å². The van der Waals surface area contributed by atoms with E-state index >= 15 is 0 Å². The van der Waals surface area contributed by atoms with E-state index in [0.29, 0.717) is 13.0 Å². The fourth-order valence-electron chi connectivity index (χ4n) is 2.48. The number of aryl methyl sites for hydroxylation is 2. The normalized spacial score (nSPS) is 11.6. The summed E-state index contributed by atoms with van der Waals surface area (Å²) in [7, 11) is 0. The summed E-state index contributed by atoms with van der Waals surface area (Å²) in [5, 5.41) is 9.05. The maximum absolute atomic E-state index is 9.05. The van der Waals surface area contributed by atoms with Crippen molar-refractivity contribution in [2.45, 2.75) is 32.9 Å². The summed E-state index contributed by atoms with van der Waals surface area (Å²) < 4.78 is 5.96. The first-order valence-electron chi connectivity index (χ1n) is 7.23. The summed E-state index contributed by atoms with van der Waals surface area (Å²) in [5.74, 6) is 0.931. The third-order valence-corrected chi connectivity index (χ3v) is 3.48. The van der Waals surface area contributed by atoms with E-state index in [-0.39, 0.29) is 25.1 Å². The summed E-state index contributed by atoms with van der Waals surface area (Å²) in [6, 6.07) is 14.1. The summed E-state index contributed by atoms with van der Waals surface area (Å²) >= 11 is 0. The minimum atomic E-state index is -0.208. The average Bonchev–Trinajstić information content (AvgIpc) is 2.47. The Bertz CT molecular complexity index is 564. The second-order valence-electron chi connectivity index (χ2n) is 5.48. The molecule has 0 aliphatic heterocycles. The standard InChI is InChI=1S/C18H23NO2.ClH/c1-13-8-16(10-17(19)11-20)9-14(2)18(13)21-12-15-6-4-3-5-7-15;/h3-9,17,20H,10-12,19H2,1-2H3;1H. The molecule has 0 saturated carbocycles. The fourth-order valence-corrected chi connectivity index (χ4v) is 2.48. The van der Waals surface area contributed by atoms with Gasteiger partial charge in [-0.3, -0.25) is 0 Å². The first-order chi connectivity index (χ1) is 10.1. The highest BCUT2D eigenvalue weighted by Crippen LogP contribution is 2.26. The van der Waals surface area contributed by atoms with Gasteiger partial charge in [0.2, 0.25) is 0 Å². The zero-order valence-electron chi connectivity index (χ0n) is 13.1. The first kappa shape index (κ1) is 18.5. The van der Waals surface area contributed by atoms with Gasteiger partial charge in [0, 0.05) is 6.04 Å². The number of ether oxygens (including phenoxy) is 1. The molecule has 1 unspecified atom stereocenters. The lowest BCUT2D eigenvalue weighted by Gasteiger charge is -2.15. The van der Waals surface area contributed by atoms with Crippen molar-refractivity contribution in [2.24, 2.45) is 5.73 Å². The van der Waals surface area contributed by atoms with Crippen LogP contribution in [0.5, 0.6) is 5.75 Å². The quantitative estimate of drug-likeness (QED) is 0.859. The molecule has 2 aromatic carbocycles. The highest BCUT2D eigenvalue weighted by molar-refractivity contribution is 5.85. The highest BCUT2D eigenvalue weighted by Gasteiger charge is 2.09. The molecule has 3 nitrogen and oxygen atoms in total. The Morgan fingerprint density at radius 2 is 1.64 bits per heavy atom. The van der Waals surface area contributed by atoms with E-state index in [1.807, 2.05) is 32.0 Å². The predicted octanol–water partition coefficient (Wildman–Crippen LogP) is 3.17. The minimum Gasteiger partial charge on any atom is -0.488 e. The van der Waals surface area contributed by atoms with Gasteiger partial charge >= 0.3 is 0 Å². The number of rotatable bonds is 6. The second-order valence-corrected chi connectivity index (χ2v) is 5.48. The van der Waals surface area contributed by atoms with Crippen LogP contribution in [0.15, 0.2) is 42.5 Å². The summed E-state index contributed by atoms with van der Waals surface area (Å²) in [5.41, 5.74) is 10.3. The van der Waals surface area contributed by atoms with Crippen LogP contribution in [0.1, 0.15) is 22.3 Å². The lowest BCUT2D eigenvalue weighted by Crippen LogP contribution is -2.26. The van der Waals surface area contributed by atoms with Crippen molar-refractivity contribution in [1.82, 2.24) is 0 Å². The predicted molar refractivity (Wildman–Crippen MR) is 92.7 cm³/mol. The van der Waals surface area contributed by atoms with Crippen molar-refractivity contribution in [1.29, 1.82) is 0 Å². The summed E-state index contributed by atoms with van der Waals surface area (Å²) in [6.45, 7) is 4.66. The molecule has 0 saturated heterocycles. The Morgan fingerprint density at radius 1 is 1.05 bits per heavy atom. The summed E-state index contributed by atoms with van der Waals surface area (Å²) in [4.78, 5) is 0. The zero-order chi connectivity index (χ0) is 15.2. The molecule has 22 heavy (non-hydrogen) atoms. The summed E-state index contributed by atoms with van der Waals surface area (Å²) in [6.07, 6.45) is 0.678. The van der Waals surface area contributed by atoms with Crippen LogP contribution < -0.4 is 10.5 Å². The largest absolute Gasteiger partial charge is 0.488 e. The molecule has 3 N–H and O–H groups in total. The number of aliphatic hydroxyl groups excluding tert-OH is 1. The molecule has 2 aromatic rings. The van der Waals surface area contributed by atoms with Gasteiger partial charge in [0.05, 0.1) is 6.61 Å². The van der Waals surface area contributed by atoms with E-state index in [1.54, 1.807) is 0 Å². The van der Waals surface area contributed by atoms with E-state index in [1.165, 1.54) is 0 Å². The lowest BCUT2D eigenvalue weighted by molar-refractivity contribution is 0.265. The molecule has 0 amide bonds. The van der Waals surface area contributed by atoms with Gasteiger partial charge in [0.1, 0.15) is 12.4 Å². The van der Waals surface area contributed by atoms with Crippen LogP contribution in [0.3, 0.4) is 0 Å². The molecule has 0 bridgehead atoms. The third kappa shape index (κ3) is 5.02. The van der Waals surface area contributed by atoms with Crippen LogP contribution in [0, 0.1) is 13.8 Å². The molecule has 0 radical (unpaired) electrons. The van der Waals surface area contributed by atoms with Crippen LogP contribution in [0.2, 0.25) is 0 Å². The third-order valence-electron chi connectivity index (χ3n) is 3.48. The van der Waals surface area contributed by atoms with Crippen molar-refractivity contribution >= 4 is 12.4 Å². The Kier molecular flexibility index (Phi) is 7.39. The number of benzene rings is 2. The van der Waals surface area contributed by atoms with Gasteiger partial charge in [-0.25, -0.2) is 0 Å². The molecule has 0 heterocycles. The minimum absolute atomic E-state index is 0. The van der Waals surface area contributed by atoms with Crippen molar-refractivity contribution in [3.63, 3.8) is 0 Å². The molecule has 2 rings (SSSR count). The van der Waals surface area contributed by atoms with Gasteiger partial charge in [-0.05, 0) is 42.5 Å². The van der Waals surface area contributed by atoms with Crippen LogP contribution >= 0.6 is 12.4 Å². The number of halogens is 1. The van der Waals surface area contributed by atoms with Gasteiger partial charge in [0.15, 0.2) is 0 Å². The molecular formula is C18H24ClNO2. The van der Waals surface area contributed by atoms with Gasteiger partial charge in [-0.15, -0.1) is 12.4 Å². The number of aliphatic hydroxyl groups is 1. The van der Waals surface area contributed by atoms with Gasteiger partial charge < -0.3 is 15.6 Å². The van der Waals surface area contributed by atoms with E-state index in [9.17, 15) is 0 Å². The Labute approximate surface area is 138 Å². The molecule has 120 valence electrons. The average molecular weight is 322 g/mol. The zero-order valence-corrected chi connectivity index (χ0v) is 13.9. The van der Waals surface area contributed by atoms with E-state index in [2.05, 4.69) is 24.3 Å². The topological polar surface area (TPSA) is 55.5 Å². The van der Waals surface area contributed by atoms with Gasteiger partial charge in [-0.1, -0.05) is 42.5 Å². The van der Waals surface area contributed by atoms with Crippen LogP contribution in [0.4, 0.5) is 0 Å². The first-order valence-corrected chi connectivity index (χ1v) is 7.23. The maximum Gasteiger partial charge on any atom is 0.125 e. The lowest BCUT2D eigenvalue weighted by atomic mass is 10.0. The van der Waals surface area contributed by atoms with Gasteiger partial charge in [0.25, 0.3) is 0 Å². The monoisotopic (exact) mass is 321 g/mol. The van der Waals surface area contributed by atoms with Gasteiger partial charge in [-0.2, -0.15) is 0 Å². The van der Waals surface area contributed by atoms with Crippen molar-refractivity contribution in [3.05, 3.63) is 64.7 Å². The maximum atomic E-state index is 9.05. The number of nitrogens with two attached hydrogens (primary N) is 1. The molecule has 0 aliphatic carbocycles. The molecule has 0 aromatic heterocycles. The number of hydrogen-bond acceptors (Lipinski definition) is 3. The van der Waals surface area contributed by atoms with Crippen molar-refractivity contribution < 1.29 is 9.84 Å². The Morgan fingerprint density at radius 3 is 2.18 bits per heavy atom. The molecular weight excluding hydrogens is 298 g/mol. The Balaban J connectivity index is 0.00000242. The SMILES string of the molecule is Cc1cc(CC(N)CO)cc(C)c1OCc1ccccc1.Cl. The second kappa shape index (κ2) is 8.79. The van der Waals surface area contributed by atoms with Crippen LogP contribution in [0.25, 0.3) is 0 Å². The molecule has 4 heteroatoms.